The van der Waals surface area contributed by atoms with Crippen LogP contribution in [0.1, 0.15) is 24.8 Å². The van der Waals surface area contributed by atoms with E-state index >= 15 is 0 Å². The summed E-state index contributed by atoms with van der Waals surface area (Å²) in [6, 6.07) is 9.31. The molecule has 1 aromatic rings. The number of ether oxygens (including phenoxy) is 3. The summed E-state index contributed by atoms with van der Waals surface area (Å²) in [6.07, 6.45) is 3.08. The van der Waals surface area contributed by atoms with Crippen molar-refractivity contribution in [2.24, 2.45) is 5.92 Å². The van der Waals surface area contributed by atoms with Gasteiger partial charge in [-0.2, -0.15) is 5.26 Å². The van der Waals surface area contributed by atoms with Crippen LogP contribution >= 0.6 is 0 Å². The maximum absolute atomic E-state index is 8.79. The monoisotopic (exact) mass is 275 g/mol. The van der Waals surface area contributed by atoms with E-state index in [-0.39, 0.29) is 0 Å². The van der Waals surface area contributed by atoms with Crippen LogP contribution in [0.5, 0.6) is 5.75 Å². The van der Waals surface area contributed by atoms with Gasteiger partial charge in [0.1, 0.15) is 5.75 Å². The Hall–Kier alpha value is -1.57. The molecule has 1 aliphatic rings. The van der Waals surface area contributed by atoms with Crippen LogP contribution in [0.4, 0.5) is 0 Å². The van der Waals surface area contributed by atoms with Gasteiger partial charge in [-0.25, -0.2) is 0 Å². The summed E-state index contributed by atoms with van der Waals surface area (Å²) < 4.78 is 16.6. The molecular formula is C16H21NO3. The van der Waals surface area contributed by atoms with Gasteiger partial charge in [0.2, 0.25) is 0 Å². The highest BCUT2D eigenvalue weighted by Crippen LogP contribution is 2.15. The summed E-state index contributed by atoms with van der Waals surface area (Å²) in [6.45, 7) is 3.89. The van der Waals surface area contributed by atoms with Gasteiger partial charge in [0, 0.05) is 32.8 Å². The van der Waals surface area contributed by atoms with Crippen molar-refractivity contribution in [2.45, 2.75) is 19.3 Å². The molecule has 1 aliphatic heterocycles. The van der Waals surface area contributed by atoms with Gasteiger partial charge in [-0.3, -0.25) is 0 Å². The van der Waals surface area contributed by atoms with E-state index in [0.29, 0.717) is 18.1 Å². The molecule has 0 unspecified atom stereocenters. The molecule has 0 aliphatic carbocycles. The van der Waals surface area contributed by atoms with Crippen LogP contribution in [-0.2, 0) is 9.47 Å². The Balaban J connectivity index is 1.54. The molecule has 20 heavy (non-hydrogen) atoms. The van der Waals surface area contributed by atoms with E-state index in [1.54, 1.807) is 12.1 Å². The molecule has 1 heterocycles. The quantitative estimate of drug-likeness (QED) is 0.718. The molecular weight excluding hydrogens is 254 g/mol. The van der Waals surface area contributed by atoms with Crippen LogP contribution in [0.25, 0.3) is 0 Å². The molecule has 0 saturated carbocycles. The fourth-order valence-corrected chi connectivity index (χ4v) is 2.17. The number of nitrogens with zero attached hydrogens (tertiary/aromatic N) is 1. The van der Waals surface area contributed by atoms with E-state index in [1.807, 2.05) is 12.1 Å². The Kier molecular flexibility index (Phi) is 6.36. The first kappa shape index (κ1) is 14.8. The number of benzene rings is 1. The van der Waals surface area contributed by atoms with Crippen LogP contribution in [-0.4, -0.2) is 33.0 Å². The number of nitriles is 1. The number of rotatable bonds is 7. The van der Waals surface area contributed by atoms with E-state index in [0.717, 1.165) is 51.4 Å². The summed E-state index contributed by atoms with van der Waals surface area (Å²) in [5.41, 5.74) is 0.623. The molecule has 2 rings (SSSR count). The summed E-state index contributed by atoms with van der Waals surface area (Å²) in [5, 5.41) is 8.79. The minimum atomic E-state index is 0.614. The van der Waals surface area contributed by atoms with Gasteiger partial charge in [-0.05, 0) is 37.0 Å². The predicted molar refractivity (Wildman–Crippen MR) is 75.6 cm³/mol. The van der Waals surface area contributed by atoms with E-state index in [9.17, 15) is 0 Å². The van der Waals surface area contributed by atoms with Crippen molar-refractivity contribution in [3.8, 4) is 11.8 Å². The average molecular weight is 275 g/mol. The molecule has 4 heteroatoms. The van der Waals surface area contributed by atoms with Gasteiger partial charge in [0.15, 0.2) is 0 Å². The summed E-state index contributed by atoms with van der Waals surface area (Å²) in [7, 11) is 0. The Bertz CT molecular complexity index is 436. The second-order valence-electron chi connectivity index (χ2n) is 4.97. The molecule has 4 nitrogen and oxygen atoms in total. The largest absolute Gasteiger partial charge is 0.493 e. The van der Waals surface area contributed by atoms with Crippen LogP contribution < -0.4 is 4.74 Å². The highest BCUT2D eigenvalue weighted by molar-refractivity contribution is 5.36. The van der Waals surface area contributed by atoms with Crippen molar-refractivity contribution in [1.82, 2.24) is 0 Å². The van der Waals surface area contributed by atoms with E-state index in [1.165, 1.54) is 0 Å². The zero-order chi connectivity index (χ0) is 14.0. The molecule has 0 N–H and O–H groups in total. The third-order valence-corrected chi connectivity index (χ3v) is 3.36. The van der Waals surface area contributed by atoms with E-state index in [2.05, 4.69) is 6.07 Å². The molecule has 0 aromatic heterocycles. The summed E-state index contributed by atoms with van der Waals surface area (Å²) in [5.74, 6) is 1.39. The lowest BCUT2D eigenvalue weighted by atomic mass is 10.0. The highest BCUT2D eigenvalue weighted by atomic mass is 16.5. The first-order valence-electron chi connectivity index (χ1n) is 7.17. The third-order valence-electron chi connectivity index (χ3n) is 3.36. The van der Waals surface area contributed by atoms with Crippen LogP contribution in [0.2, 0.25) is 0 Å². The summed E-state index contributed by atoms with van der Waals surface area (Å²) in [4.78, 5) is 0. The lowest BCUT2D eigenvalue weighted by Gasteiger charge is -2.21. The molecule has 1 fully saturated rings. The Morgan fingerprint density at radius 3 is 2.90 bits per heavy atom. The number of hydrogen-bond acceptors (Lipinski definition) is 4. The Morgan fingerprint density at radius 2 is 2.10 bits per heavy atom. The topological polar surface area (TPSA) is 51.5 Å². The lowest BCUT2D eigenvalue weighted by Crippen LogP contribution is -2.20. The zero-order valence-electron chi connectivity index (χ0n) is 11.7. The smallest absolute Gasteiger partial charge is 0.120 e. The van der Waals surface area contributed by atoms with E-state index < -0.39 is 0 Å². The van der Waals surface area contributed by atoms with Crippen LogP contribution in [0.3, 0.4) is 0 Å². The van der Waals surface area contributed by atoms with Crippen molar-refractivity contribution < 1.29 is 14.2 Å². The second-order valence-corrected chi connectivity index (χ2v) is 4.97. The van der Waals surface area contributed by atoms with Gasteiger partial charge in [-0.15, -0.1) is 0 Å². The van der Waals surface area contributed by atoms with Crippen LogP contribution in [0.15, 0.2) is 24.3 Å². The van der Waals surface area contributed by atoms with Gasteiger partial charge >= 0.3 is 0 Å². The minimum Gasteiger partial charge on any atom is -0.493 e. The SMILES string of the molecule is N#Cc1cccc(OCCCOCC2CCOCC2)c1. The molecule has 108 valence electrons. The molecule has 0 amide bonds. The van der Waals surface area contributed by atoms with Crippen molar-refractivity contribution in [3.63, 3.8) is 0 Å². The predicted octanol–water partition coefficient (Wildman–Crippen LogP) is 2.77. The van der Waals surface area contributed by atoms with Gasteiger partial charge < -0.3 is 14.2 Å². The van der Waals surface area contributed by atoms with Crippen LogP contribution in [0, 0.1) is 17.2 Å². The molecule has 0 radical (unpaired) electrons. The standard InChI is InChI=1S/C16H21NO3/c17-12-15-3-1-4-16(11-15)20-8-2-7-19-13-14-5-9-18-10-6-14/h1,3-4,11,14H,2,5-10,13H2. The number of hydrogen-bond donors (Lipinski definition) is 0. The zero-order valence-corrected chi connectivity index (χ0v) is 11.7. The molecule has 0 spiro atoms. The van der Waals surface area contributed by atoms with E-state index in [4.69, 9.17) is 19.5 Å². The first-order valence-corrected chi connectivity index (χ1v) is 7.17. The van der Waals surface area contributed by atoms with Crippen molar-refractivity contribution in [2.75, 3.05) is 33.0 Å². The third kappa shape index (κ3) is 5.20. The maximum Gasteiger partial charge on any atom is 0.120 e. The first-order chi connectivity index (χ1) is 9.88. The molecule has 1 saturated heterocycles. The van der Waals surface area contributed by atoms with Gasteiger partial charge in [0.05, 0.1) is 18.2 Å². The van der Waals surface area contributed by atoms with Gasteiger partial charge in [-0.1, -0.05) is 6.07 Å². The van der Waals surface area contributed by atoms with Crippen molar-refractivity contribution >= 4 is 0 Å². The Labute approximate surface area is 120 Å². The van der Waals surface area contributed by atoms with Crippen molar-refractivity contribution in [3.05, 3.63) is 29.8 Å². The minimum absolute atomic E-state index is 0.614. The maximum atomic E-state index is 8.79. The van der Waals surface area contributed by atoms with Gasteiger partial charge in [0.25, 0.3) is 0 Å². The summed E-state index contributed by atoms with van der Waals surface area (Å²) >= 11 is 0. The Morgan fingerprint density at radius 1 is 1.25 bits per heavy atom. The lowest BCUT2D eigenvalue weighted by molar-refractivity contribution is 0.0183. The fraction of sp³-hybridized carbons (Fsp3) is 0.562. The van der Waals surface area contributed by atoms with Crippen molar-refractivity contribution in [1.29, 1.82) is 5.26 Å². The normalized spacial score (nSPS) is 15.8. The average Bonchev–Trinajstić information content (AvgIpc) is 2.52. The molecule has 0 atom stereocenters. The highest BCUT2D eigenvalue weighted by Gasteiger charge is 2.13. The molecule has 1 aromatic carbocycles. The fourth-order valence-electron chi connectivity index (χ4n) is 2.17. The second kappa shape index (κ2) is 8.57. The molecule has 0 bridgehead atoms.